The van der Waals surface area contributed by atoms with Crippen LogP contribution in [0.4, 0.5) is 0 Å². The van der Waals surface area contributed by atoms with Crippen LogP contribution in [-0.4, -0.2) is 47.5 Å². The van der Waals surface area contributed by atoms with E-state index in [1.54, 1.807) is 11.3 Å². The maximum Gasteiger partial charge on any atom is 0.331 e. The Hall–Kier alpha value is -2.15. The van der Waals surface area contributed by atoms with E-state index in [0.717, 1.165) is 23.6 Å². The van der Waals surface area contributed by atoms with E-state index in [4.69, 9.17) is 14.5 Å². The average Bonchev–Trinajstić information content (AvgIpc) is 3.49. The summed E-state index contributed by atoms with van der Waals surface area (Å²) in [6.45, 7) is 8.93. The largest absolute Gasteiger partial charge is 0.465 e. The van der Waals surface area contributed by atoms with Gasteiger partial charge in [0.25, 0.3) is 0 Å². The van der Waals surface area contributed by atoms with Crippen molar-refractivity contribution in [2.24, 2.45) is 10.4 Å². The third kappa shape index (κ3) is 4.04. The minimum atomic E-state index is -0.934. The number of carbonyl (C=O) groups is 2. The van der Waals surface area contributed by atoms with Crippen molar-refractivity contribution in [3.8, 4) is 0 Å². The number of ether oxygens (including phenoxy) is 2. The van der Waals surface area contributed by atoms with Crippen LogP contribution in [0.25, 0.3) is 0 Å². The van der Waals surface area contributed by atoms with E-state index in [9.17, 15) is 9.59 Å². The molecule has 1 aromatic heterocycles. The first-order chi connectivity index (χ1) is 15.0. The number of aliphatic imine (C=N–C) groups is 1. The lowest BCUT2D eigenvalue weighted by Gasteiger charge is -2.46. The van der Waals surface area contributed by atoms with Crippen molar-refractivity contribution in [3.05, 3.63) is 34.5 Å². The first-order valence-corrected chi connectivity index (χ1v) is 12.2. The van der Waals surface area contributed by atoms with Crippen molar-refractivity contribution in [2.45, 2.75) is 77.9 Å². The number of rotatable bonds is 10. The van der Waals surface area contributed by atoms with E-state index in [1.165, 1.54) is 0 Å². The Kier molecular flexibility index (Phi) is 7.57. The van der Waals surface area contributed by atoms with Gasteiger partial charge in [-0.2, -0.15) is 0 Å². The van der Waals surface area contributed by atoms with E-state index < -0.39 is 17.0 Å². The van der Waals surface area contributed by atoms with Gasteiger partial charge in [0.05, 0.1) is 19.8 Å². The summed E-state index contributed by atoms with van der Waals surface area (Å²) in [7, 11) is 0. The number of thiophene rings is 1. The minimum absolute atomic E-state index is 0.270. The highest BCUT2D eigenvalue weighted by Crippen LogP contribution is 2.54. The van der Waals surface area contributed by atoms with Crippen molar-refractivity contribution in [3.63, 3.8) is 0 Å². The summed E-state index contributed by atoms with van der Waals surface area (Å²) in [6, 6.07) is 3.42. The van der Waals surface area contributed by atoms with Gasteiger partial charge in [-0.3, -0.25) is 9.79 Å². The molecule has 170 valence electrons. The monoisotopic (exact) mass is 446 g/mol. The van der Waals surface area contributed by atoms with Gasteiger partial charge in [0.1, 0.15) is 16.8 Å². The SMILES string of the molecule is CCCC1=NC(CC)(C2(C(=O)OCC)CC=CC2)C(C(=O)OCC)N1Cc1cccs1. The molecule has 2 atom stereocenters. The van der Waals surface area contributed by atoms with Crippen molar-refractivity contribution < 1.29 is 19.1 Å². The Morgan fingerprint density at radius 3 is 2.42 bits per heavy atom. The highest BCUT2D eigenvalue weighted by molar-refractivity contribution is 7.09. The van der Waals surface area contributed by atoms with E-state index in [0.29, 0.717) is 32.4 Å². The Balaban J connectivity index is 2.16. The van der Waals surface area contributed by atoms with Crippen LogP contribution in [0, 0.1) is 5.41 Å². The second-order valence-corrected chi connectivity index (χ2v) is 9.13. The molecule has 0 radical (unpaired) electrons. The summed E-state index contributed by atoms with van der Waals surface area (Å²) in [5, 5.41) is 2.04. The lowest BCUT2D eigenvalue weighted by Crippen LogP contribution is -2.62. The molecule has 7 heteroatoms. The van der Waals surface area contributed by atoms with E-state index in [2.05, 4.69) is 17.9 Å². The number of amidine groups is 1. The maximum atomic E-state index is 13.5. The molecule has 6 nitrogen and oxygen atoms in total. The topological polar surface area (TPSA) is 68.2 Å². The first kappa shape index (κ1) is 23.5. The van der Waals surface area contributed by atoms with E-state index >= 15 is 0 Å². The molecule has 0 aromatic carbocycles. The number of nitrogens with zero attached hydrogens (tertiary/aromatic N) is 2. The molecule has 0 N–H and O–H groups in total. The van der Waals surface area contributed by atoms with Crippen LogP contribution in [0.2, 0.25) is 0 Å². The highest BCUT2D eigenvalue weighted by atomic mass is 32.1. The third-order valence-corrected chi connectivity index (χ3v) is 7.31. The molecule has 2 heterocycles. The normalized spacial score (nSPS) is 24.3. The fourth-order valence-corrected chi connectivity index (χ4v) is 5.78. The summed E-state index contributed by atoms with van der Waals surface area (Å²) >= 11 is 1.66. The second kappa shape index (κ2) is 9.98. The molecule has 0 saturated carbocycles. The molecule has 3 rings (SSSR count). The zero-order chi connectivity index (χ0) is 22.5. The smallest absolute Gasteiger partial charge is 0.331 e. The van der Waals surface area contributed by atoms with Gasteiger partial charge in [0.15, 0.2) is 6.04 Å². The molecule has 0 fully saturated rings. The summed E-state index contributed by atoms with van der Waals surface area (Å²) in [5.41, 5.74) is -1.84. The molecular formula is C24H34N2O4S. The van der Waals surface area contributed by atoms with Gasteiger partial charge in [-0.1, -0.05) is 32.1 Å². The summed E-state index contributed by atoms with van der Waals surface area (Å²) in [5.74, 6) is 0.298. The van der Waals surface area contributed by atoms with Crippen LogP contribution in [-0.2, 0) is 25.6 Å². The Morgan fingerprint density at radius 1 is 1.16 bits per heavy atom. The van der Waals surface area contributed by atoms with Crippen LogP contribution >= 0.6 is 11.3 Å². The molecule has 2 aliphatic rings. The molecule has 0 spiro atoms. The first-order valence-electron chi connectivity index (χ1n) is 11.4. The van der Waals surface area contributed by atoms with Crippen molar-refractivity contribution in [1.82, 2.24) is 4.90 Å². The maximum absolute atomic E-state index is 13.5. The van der Waals surface area contributed by atoms with E-state index in [1.807, 2.05) is 44.4 Å². The Bertz CT molecular complexity index is 825. The van der Waals surface area contributed by atoms with Crippen molar-refractivity contribution >= 4 is 29.1 Å². The molecule has 2 unspecified atom stereocenters. The fraction of sp³-hybridized carbons (Fsp3) is 0.625. The molecule has 0 amide bonds. The average molecular weight is 447 g/mol. The standard InChI is InChI=1S/C24H34N2O4S/c1-5-12-19-25-24(6-2,23(14-9-10-15-23)22(28)30-8-4)20(21(27)29-7-3)26(19)17-18-13-11-16-31-18/h9-11,13,16,20H,5-8,12,14-15,17H2,1-4H3. The Labute approximate surface area is 189 Å². The van der Waals surface area contributed by atoms with Crippen LogP contribution in [0.5, 0.6) is 0 Å². The number of allylic oxidation sites excluding steroid dienone is 2. The zero-order valence-electron chi connectivity index (χ0n) is 19.1. The van der Waals surface area contributed by atoms with Crippen molar-refractivity contribution in [2.75, 3.05) is 13.2 Å². The van der Waals surface area contributed by atoms with Crippen molar-refractivity contribution in [1.29, 1.82) is 0 Å². The van der Waals surface area contributed by atoms with Gasteiger partial charge >= 0.3 is 11.9 Å². The van der Waals surface area contributed by atoms with Gasteiger partial charge in [0.2, 0.25) is 0 Å². The summed E-state index contributed by atoms with van der Waals surface area (Å²) in [4.78, 5) is 35.4. The number of hydrogen-bond acceptors (Lipinski definition) is 7. The highest BCUT2D eigenvalue weighted by Gasteiger charge is 2.66. The van der Waals surface area contributed by atoms with Crippen LogP contribution in [0.1, 0.15) is 64.7 Å². The lowest BCUT2D eigenvalue weighted by atomic mass is 9.62. The Morgan fingerprint density at radius 2 is 1.87 bits per heavy atom. The number of carbonyl (C=O) groups excluding carboxylic acids is 2. The predicted molar refractivity (Wildman–Crippen MR) is 123 cm³/mol. The van der Waals surface area contributed by atoms with Gasteiger partial charge in [-0.05, 0) is 51.0 Å². The quantitative estimate of drug-likeness (QED) is 0.383. The fourth-order valence-electron chi connectivity index (χ4n) is 5.08. The molecule has 1 aromatic rings. The zero-order valence-corrected chi connectivity index (χ0v) is 19.9. The van der Waals surface area contributed by atoms with Gasteiger partial charge < -0.3 is 14.4 Å². The minimum Gasteiger partial charge on any atom is -0.465 e. The third-order valence-electron chi connectivity index (χ3n) is 6.45. The van der Waals surface area contributed by atoms with E-state index in [-0.39, 0.29) is 18.5 Å². The molecule has 0 saturated heterocycles. The molecule has 1 aliphatic carbocycles. The molecule has 1 aliphatic heterocycles. The van der Waals surface area contributed by atoms with Crippen LogP contribution < -0.4 is 0 Å². The number of hydrogen-bond donors (Lipinski definition) is 0. The lowest BCUT2D eigenvalue weighted by molar-refractivity contribution is -0.165. The molecule has 31 heavy (non-hydrogen) atoms. The van der Waals surface area contributed by atoms with Gasteiger partial charge in [-0.15, -0.1) is 11.3 Å². The van der Waals surface area contributed by atoms with Gasteiger partial charge in [-0.25, -0.2) is 4.79 Å². The van der Waals surface area contributed by atoms with Crippen LogP contribution in [0.15, 0.2) is 34.7 Å². The predicted octanol–water partition coefficient (Wildman–Crippen LogP) is 4.74. The molecule has 0 bridgehead atoms. The van der Waals surface area contributed by atoms with Gasteiger partial charge in [0, 0.05) is 11.3 Å². The molecular weight excluding hydrogens is 412 g/mol. The summed E-state index contributed by atoms with van der Waals surface area (Å²) < 4.78 is 11.2. The van der Waals surface area contributed by atoms with Crippen LogP contribution in [0.3, 0.4) is 0 Å². The second-order valence-electron chi connectivity index (χ2n) is 8.10. The summed E-state index contributed by atoms with van der Waals surface area (Å²) in [6.07, 6.45) is 7.28. The number of esters is 2.